The minimum atomic E-state index is -1.39. The predicted molar refractivity (Wildman–Crippen MR) is 100 cm³/mol. The molecule has 1 aliphatic heterocycles. The number of fused-ring (bicyclic) bond motifs is 1. The molecule has 0 aromatic heterocycles. The number of nitrogens with zero attached hydrogens (tertiary/aromatic N) is 1. The molecule has 1 aliphatic carbocycles. The average molecular weight is 401 g/mol. The summed E-state index contributed by atoms with van der Waals surface area (Å²) in [6.07, 6.45) is 1.66. The number of hydrogen-bond acceptors (Lipinski definition) is 6. The molecule has 1 saturated heterocycles. The van der Waals surface area contributed by atoms with Crippen LogP contribution in [0.2, 0.25) is 0 Å². The van der Waals surface area contributed by atoms with Crippen molar-refractivity contribution in [3.8, 4) is 0 Å². The van der Waals surface area contributed by atoms with Crippen LogP contribution >= 0.6 is 0 Å². The summed E-state index contributed by atoms with van der Waals surface area (Å²) >= 11 is 0. The van der Waals surface area contributed by atoms with Gasteiger partial charge in [0, 0.05) is 12.6 Å². The monoisotopic (exact) mass is 401 g/mol. The van der Waals surface area contributed by atoms with Crippen molar-refractivity contribution in [2.24, 2.45) is 11.8 Å². The van der Waals surface area contributed by atoms with Crippen molar-refractivity contribution in [2.75, 3.05) is 13.6 Å². The maximum atomic E-state index is 12.5. The first kappa shape index (κ1) is 20.5. The van der Waals surface area contributed by atoms with Crippen molar-refractivity contribution >= 4 is 29.7 Å². The van der Waals surface area contributed by atoms with E-state index in [1.54, 1.807) is 30.3 Å². The van der Waals surface area contributed by atoms with Crippen LogP contribution in [0.1, 0.15) is 37.4 Å². The smallest absolute Gasteiger partial charge is 0.327 e. The van der Waals surface area contributed by atoms with Crippen molar-refractivity contribution in [1.82, 2.24) is 15.5 Å². The van der Waals surface area contributed by atoms with Crippen LogP contribution in [0.25, 0.3) is 0 Å². The number of benzene rings is 1. The number of carbonyl (C=O) groups is 5. The third-order valence-electron chi connectivity index (χ3n) is 5.27. The summed E-state index contributed by atoms with van der Waals surface area (Å²) in [4.78, 5) is 62.4. The number of ether oxygens (including phenoxy) is 1. The molecule has 2 fully saturated rings. The number of nitrogens with one attached hydrogen (secondary N) is 2. The molecule has 3 rings (SSSR count). The highest BCUT2D eigenvalue weighted by Gasteiger charge is 2.48. The number of esters is 1. The molecule has 0 spiro atoms. The second kappa shape index (κ2) is 8.85. The van der Waals surface area contributed by atoms with Gasteiger partial charge in [0.15, 0.2) is 0 Å². The van der Waals surface area contributed by atoms with E-state index in [2.05, 4.69) is 10.6 Å². The van der Waals surface area contributed by atoms with Crippen molar-refractivity contribution in [3.63, 3.8) is 0 Å². The lowest BCUT2D eigenvalue weighted by atomic mass is 9.81. The zero-order valence-electron chi connectivity index (χ0n) is 16.1. The van der Waals surface area contributed by atoms with Gasteiger partial charge in [-0.05, 0) is 12.8 Å². The molecule has 0 radical (unpaired) electrons. The highest BCUT2D eigenvalue weighted by Crippen LogP contribution is 2.38. The lowest BCUT2D eigenvalue weighted by Gasteiger charge is -2.19. The predicted octanol–water partition coefficient (Wildman–Crippen LogP) is 0.902. The van der Waals surface area contributed by atoms with E-state index < -0.39 is 30.6 Å². The maximum Gasteiger partial charge on any atom is 0.327 e. The largest absolute Gasteiger partial charge is 0.446 e. The molecule has 9 heteroatoms. The first-order valence-electron chi connectivity index (χ1n) is 9.54. The Morgan fingerprint density at radius 1 is 1.07 bits per heavy atom. The zero-order chi connectivity index (χ0) is 21.0. The van der Waals surface area contributed by atoms with Gasteiger partial charge in [-0.1, -0.05) is 43.2 Å². The standard InChI is InChI=1S/C20H23N3O6/c1-21-20(28)22-17(25)16(12-7-3-2-4-8-12)29-15(24)11-23-18(26)13-9-5-6-10-14(13)19(23)27/h2-4,7-8,13-14,16H,5-6,9-11H2,1H3,(H2,21,22,25,28)/t13-,14-,16-/m0/s1. The number of rotatable bonds is 5. The van der Waals surface area contributed by atoms with Crippen molar-refractivity contribution in [1.29, 1.82) is 0 Å². The molecule has 5 amide bonds. The molecule has 3 atom stereocenters. The van der Waals surface area contributed by atoms with E-state index in [0.29, 0.717) is 18.4 Å². The molecular formula is C20H23N3O6. The van der Waals surface area contributed by atoms with E-state index in [-0.39, 0.29) is 23.7 Å². The Kier molecular flexibility index (Phi) is 6.26. The molecule has 9 nitrogen and oxygen atoms in total. The lowest BCUT2D eigenvalue weighted by molar-refractivity contribution is -0.160. The Morgan fingerprint density at radius 2 is 1.66 bits per heavy atom. The molecule has 1 aromatic carbocycles. The molecule has 2 aliphatic rings. The maximum absolute atomic E-state index is 12.5. The Labute approximate surface area is 167 Å². The number of urea groups is 1. The van der Waals surface area contributed by atoms with Crippen LogP contribution in [-0.4, -0.2) is 48.2 Å². The normalized spacial score (nSPS) is 21.9. The third kappa shape index (κ3) is 4.44. The molecule has 1 aromatic rings. The summed E-state index contributed by atoms with van der Waals surface area (Å²) in [6, 6.07) is 7.43. The fourth-order valence-electron chi connectivity index (χ4n) is 3.83. The molecule has 1 heterocycles. The van der Waals surface area contributed by atoms with Gasteiger partial charge in [0.05, 0.1) is 11.8 Å². The SMILES string of the molecule is CNC(=O)NC(=O)[C@@H](OC(=O)CN1C(=O)[C@H]2CCCC[C@@H]2C1=O)c1ccccc1. The number of imide groups is 2. The average Bonchev–Trinajstić information content (AvgIpc) is 2.97. The van der Waals surface area contributed by atoms with Gasteiger partial charge >= 0.3 is 12.0 Å². The summed E-state index contributed by atoms with van der Waals surface area (Å²) in [5, 5.41) is 4.32. The molecule has 154 valence electrons. The van der Waals surface area contributed by atoms with E-state index in [4.69, 9.17) is 4.74 Å². The minimum absolute atomic E-state index is 0.356. The Bertz CT molecular complexity index is 801. The van der Waals surface area contributed by atoms with E-state index in [1.807, 2.05) is 0 Å². The van der Waals surface area contributed by atoms with Crippen LogP contribution in [0.15, 0.2) is 30.3 Å². The van der Waals surface area contributed by atoms with Crippen LogP contribution in [0.5, 0.6) is 0 Å². The first-order valence-corrected chi connectivity index (χ1v) is 9.54. The van der Waals surface area contributed by atoms with Crippen LogP contribution in [0.3, 0.4) is 0 Å². The summed E-state index contributed by atoms with van der Waals surface area (Å²) in [5.41, 5.74) is 0.356. The molecule has 2 N–H and O–H groups in total. The van der Waals surface area contributed by atoms with Crippen molar-refractivity contribution in [3.05, 3.63) is 35.9 Å². The van der Waals surface area contributed by atoms with Crippen LogP contribution in [-0.2, 0) is 23.9 Å². The highest BCUT2D eigenvalue weighted by atomic mass is 16.5. The fraction of sp³-hybridized carbons (Fsp3) is 0.450. The zero-order valence-corrected chi connectivity index (χ0v) is 16.1. The summed E-state index contributed by atoms with van der Waals surface area (Å²) in [6.45, 7) is -0.554. The van der Waals surface area contributed by atoms with Crippen LogP contribution < -0.4 is 10.6 Å². The Morgan fingerprint density at radius 3 is 2.21 bits per heavy atom. The number of carbonyl (C=O) groups excluding carboxylic acids is 5. The van der Waals surface area contributed by atoms with Gasteiger partial charge in [0.25, 0.3) is 5.91 Å². The molecule has 29 heavy (non-hydrogen) atoms. The highest BCUT2D eigenvalue weighted by molar-refractivity contribution is 6.07. The van der Waals surface area contributed by atoms with Gasteiger partial charge < -0.3 is 10.1 Å². The van der Waals surface area contributed by atoms with E-state index in [0.717, 1.165) is 17.7 Å². The minimum Gasteiger partial charge on any atom is -0.446 e. The van der Waals surface area contributed by atoms with Crippen molar-refractivity contribution < 1.29 is 28.7 Å². The quantitative estimate of drug-likeness (QED) is 0.558. The topological polar surface area (TPSA) is 122 Å². The van der Waals surface area contributed by atoms with Gasteiger partial charge in [-0.2, -0.15) is 0 Å². The molecule has 1 saturated carbocycles. The number of hydrogen-bond donors (Lipinski definition) is 2. The lowest BCUT2D eigenvalue weighted by Crippen LogP contribution is -2.42. The first-order chi connectivity index (χ1) is 13.9. The summed E-state index contributed by atoms with van der Waals surface area (Å²) in [5.74, 6) is -3.19. The van der Waals surface area contributed by atoms with E-state index in [1.165, 1.54) is 7.05 Å². The number of amides is 5. The van der Waals surface area contributed by atoms with Gasteiger partial charge in [-0.15, -0.1) is 0 Å². The number of likely N-dealkylation sites (tertiary alicyclic amines) is 1. The Hall–Kier alpha value is -3.23. The summed E-state index contributed by atoms with van der Waals surface area (Å²) < 4.78 is 5.28. The third-order valence-corrected chi connectivity index (χ3v) is 5.27. The Balaban J connectivity index is 1.71. The van der Waals surface area contributed by atoms with Crippen LogP contribution in [0, 0.1) is 11.8 Å². The summed E-state index contributed by atoms with van der Waals surface area (Å²) in [7, 11) is 1.34. The van der Waals surface area contributed by atoms with Gasteiger partial charge in [0.1, 0.15) is 6.54 Å². The van der Waals surface area contributed by atoms with Crippen molar-refractivity contribution in [2.45, 2.75) is 31.8 Å². The second-order valence-electron chi connectivity index (χ2n) is 7.11. The molecular weight excluding hydrogens is 378 g/mol. The molecule has 0 bridgehead atoms. The van der Waals surface area contributed by atoms with Crippen LogP contribution in [0.4, 0.5) is 4.79 Å². The second-order valence-corrected chi connectivity index (χ2v) is 7.11. The van der Waals surface area contributed by atoms with E-state index in [9.17, 15) is 24.0 Å². The van der Waals surface area contributed by atoms with Gasteiger partial charge in [-0.3, -0.25) is 29.4 Å². The van der Waals surface area contributed by atoms with E-state index >= 15 is 0 Å². The fourth-order valence-corrected chi connectivity index (χ4v) is 3.83. The molecule has 0 unspecified atom stereocenters. The van der Waals surface area contributed by atoms with Gasteiger partial charge in [0.2, 0.25) is 17.9 Å². The van der Waals surface area contributed by atoms with Gasteiger partial charge in [-0.25, -0.2) is 4.79 Å².